The topological polar surface area (TPSA) is 86.6 Å². The number of aryl methyl sites for hydroxylation is 1. The van der Waals surface area contributed by atoms with E-state index in [1.54, 1.807) is 39.8 Å². The van der Waals surface area contributed by atoms with Gasteiger partial charge in [-0.2, -0.15) is 0 Å². The van der Waals surface area contributed by atoms with E-state index < -0.39 is 23.3 Å². The van der Waals surface area contributed by atoms with Crippen molar-refractivity contribution in [2.75, 3.05) is 0 Å². The monoisotopic (exact) mass is 265 g/mol. The summed E-state index contributed by atoms with van der Waals surface area (Å²) in [5.41, 5.74) is 0.287. The van der Waals surface area contributed by atoms with E-state index in [1.165, 1.54) is 6.07 Å². The summed E-state index contributed by atoms with van der Waals surface area (Å²) < 4.78 is 0. The third-order valence-electron chi connectivity index (χ3n) is 2.86. The summed E-state index contributed by atoms with van der Waals surface area (Å²) >= 11 is 0. The Kier molecular flexibility index (Phi) is 4.19. The van der Waals surface area contributed by atoms with E-state index in [2.05, 4.69) is 5.32 Å². The van der Waals surface area contributed by atoms with Gasteiger partial charge in [0.1, 0.15) is 11.8 Å². The highest BCUT2D eigenvalue weighted by molar-refractivity contribution is 5.97. The van der Waals surface area contributed by atoms with Crippen LogP contribution in [0.5, 0.6) is 5.75 Å². The highest BCUT2D eigenvalue weighted by Gasteiger charge is 2.32. The van der Waals surface area contributed by atoms with Gasteiger partial charge in [0.2, 0.25) is 0 Å². The Morgan fingerprint density at radius 2 is 1.84 bits per heavy atom. The number of hydrogen-bond donors (Lipinski definition) is 3. The molecule has 0 saturated carbocycles. The van der Waals surface area contributed by atoms with E-state index in [0.717, 1.165) is 0 Å². The predicted octanol–water partition coefficient (Wildman–Crippen LogP) is 1.93. The molecule has 1 atom stereocenters. The zero-order chi connectivity index (χ0) is 14.8. The summed E-state index contributed by atoms with van der Waals surface area (Å²) in [6.45, 7) is 6.92. The van der Waals surface area contributed by atoms with E-state index in [-0.39, 0.29) is 11.3 Å². The van der Waals surface area contributed by atoms with Crippen molar-refractivity contribution >= 4 is 11.9 Å². The van der Waals surface area contributed by atoms with Gasteiger partial charge in [0.05, 0.1) is 0 Å². The lowest BCUT2D eigenvalue weighted by Crippen LogP contribution is -2.49. The summed E-state index contributed by atoms with van der Waals surface area (Å²) in [7, 11) is 0. The standard InChI is InChI=1S/C14H19NO4/c1-8-5-6-9(7-10(8)16)12(17)15-11(13(18)19)14(2,3)4/h5-7,11,16H,1-4H3,(H,15,17)(H,18,19)/t11-/m0/s1. The number of carboxylic acids is 1. The van der Waals surface area contributed by atoms with E-state index >= 15 is 0 Å². The number of rotatable bonds is 3. The molecule has 3 N–H and O–H groups in total. The van der Waals surface area contributed by atoms with Crippen molar-refractivity contribution in [2.45, 2.75) is 33.7 Å². The van der Waals surface area contributed by atoms with Crippen LogP contribution in [0.1, 0.15) is 36.7 Å². The lowest BCUT2D eigenvalue weighted by molar-refractivity contribution is -0.142. The first-order valence-corrected chi connectivity index (χ1v) is 5.96. The van der Waals surface area contributed by atoms with Crippen LogP contribution >= 0.6 is 0 Å². The van der Waals surface area contributed by atoms with Crippen molar-refractivity contribution in [2.24, 2.45) is 5.41 Å². The van der Waals surface area contributed by atoms with E-state index in [1.807, 2.05) is 0 Å². The summed E-state index contributed by atoms with van der Waals surface area (Å²) in [5, 5.41) is 21.2. The van der Waals surface area contributed by atoms with Crippen molar-refractivity contribution in [3.63, 3.8) is 0 Å². The Morgan fingerprint density at radius 1 is 1.26 bits per heavy atom. The molecule has 1 aromatic rings. The summed E-state index contributed by atoms with van der Waals surface area (Å²) in [6, 6.07) is 3.48. The molecule has 0 bridgehead atoms. The summed E-state index contributed by atoms with van der Waals surface area (Å²) in [5.74, 6) is -1.59. The molecule has 0 saturated heterocycles. The fourth-order valence-electron chi connectivity index (χ4n) is 1.61. The average Bonchev–Trinajstić information content (AvgIpc) is 2.27. The van der Waals surface area contributed by atoms with Gasteiger partial charge in [0, 0.05) is 5.56 Å². The predicted molar refractivity (Wildman–Crippen MR) is 71.2 cm³/mol. The third-order valence-corrected chi connectivity index (χ3v) is 2.86. The number of nitrogens with one attached hydrogen (secondary N) is 1. The molecule has 0 fully saturated rings. The van der Waals surface area contributed by atoms with Gasteiger partial charge in [-0.3, -0.25) is 4.79 Å². The Bertz CT molecular complexity index is 503. The molecule has 0 spiro atoms. The van der Waals surface area contributed by atoms with Gasteiger partial charge in [-0.25, -0.2) is 4.79 Å². The molecule has 0 radical (unpaired) electrons. The molecule has 0 aromatic heterocycles. The molecular weight excluding hydrogens is 246 g/mol. The highest BCUT2D eigenvalue weighted by atomic mass is 16.4. The molecule has 1 aromatic carbocycles. The largest absolute Gasteiger partial charge is 0.508 e. The van der Waals surface area contributed by atoms with Crippen LogP contribution in [0.15, 0.2) is 18.2 Å². The first kappa shape index (κ1) is 15.0. The van der Waals surface area contributed by atoms with Crippen LogP contribution in [-0.2, 0) is 4.79 Å². The van der Waals surface area contributed by atoms with Crippen LogP contribution in [0.25, 0.3) is 0 Å². The van der Waals surface area contributed by atoms with E-state index in [0.29, 0.717) is 5.56 Å². The van der Waals surface area contributed by atoms with Gasteiger partial charge in [0.15, 0.2) is 0 Å². The Hall–Kier alpha value is -2.04. The van der Waals surface area contributed by atoms with Crippen LogP contribution in [0.4, 0.5) is 0 Å². The maximum Gasteiger partial charge on any atom is 0.326 e. The molecule has 0 heterocycles. The van der Waals surface area contributed by atoms with Crippen molar-refractivity contribution in [3.8, 4) is 5.75 Å². The van der Waals surface area contributed by atoms with Gasteiger partial charge >= 0.3 is 5.97 Å². The minimum Gasteiger partial charge on any atom is -0.508 e. The highest BCUT2D eigenvalue weighted by Crippen LogP contribution is 2.21. The molecule has 19 heavy (non-hydrogen) atoms. The van der Waals surface area contributed by atoms with Crippen molar-refractivity contribution < 1.29 is 19.8 Å². The fraction of sp³-hybridized carbons (Fsp3) is 0.429. The van der Waals surface area contributed by atoms with Crippen LogP contribution < -0.4 is 5.32 Å². The molecule has 0 aliphatic heterocycles. The number of benzene rings is 1. The minimum absolute atomic E-state index is 0.00952. The molecular formula is C14H19NO4. The van der Waals surface area contributed by atoms with Crippen molar-refractivity contribution in [1.29, 1.82) is 0 Å². The molecule has 0 aliphatic rings. The lowest BCUT2D eigenvalue weighted by atomic mass is 9.86. The Labute approximate surface area is 112 Å². The molecule has 0 unspecified atom stereocenters. The minimum atomic E-state index is -1.09. The van der Waals surface area contributed by atoms with Gasteiger partial charge < -0.3 is 15.5 Å². The van der Waals surface area contributed by atoms with Crippen LogP contribution in [0, 0.1) is 12.3 Å². The molecule has 5 heteroatoms. The maximum atomic E-state index is 12.0. The fourth-order valence-corrected chi connectivity index (χ4v) is 1.61. The Morgan fingerprint density at radius 3 is 2.26 bits per heavy atom. The molecule has 1 amide bonds. The van der Waals surface area contributed by atoms with Gasteiger partial charge in [-0.1, -0.05) is 26.8 Å². The molecule has 0 aliphatic carbocycles. The SMILES string of the molecule is Cc1ccc(C(=O)N[C@@H](C(=O)O)C(C)(C)C)cc1O. The van der Waals surface area contributed by atoms with E-state index in [9.17, 15) is 14.7 Å². The third kappa shape index (κ3) is 3.71. The first-order valence-electron chi connectivity index (χ1n) is 5.96. The van der Waals surface area contributed by atoms with Gasteiger partial charge in [-0.15, -0.1) is 0 Å². The number of carbonyl (C=O) groups is 2. The Balaban J connectivity index is 2.94. The summed E-state index contributed by atoms with van der Waals surface area (Å²) in [6.07, 6.45) is 0. The second kappa shape index (κ2) is 5.30. The second-order valence-electron chi connectivity index (χ2n) is 5.61. The number of aromatic hydroxyl groups is 1. The number of carbonyl (C=O) groups excluding carboxylic acids is 1. The molecule has 5 nitrogen and oxygen atoms in total. The lowest BCUT2D eigenvalue weighted by Gasteiger charge is -2.27. The summed E-state index contributed by atoms with van der Waals surface area (Å²) in [4.78, 5) is 23.2. The number of aliphatic carboxylic acids is 1. The number of phenolic OH excluding ortho intramolecular Hbond substituents is 1. The molecule has 104 valence electrons. The first-order chi connectivity index (χ1) is 8.62. The smallest absolute Gasteiger partial charge is 0.326 e. The van der Waals surface area contributed by atoms with E-state index in [4.69, 9.17) is 5.11 Å². The number of phenols is 1. The zero-order valence-electron chi connectivity index (χ0n) is 11.5. The van der Waals surface area contributed by atoms with Crippen LogP contribution in [-0.4, -0.2) is 28.1 Å². The van der Waals surface area contributed by atoms with Gasteiger partial charge in [-0.05, 0) is 30.0 Å². The molecule has 1 rings (SSSR count). The van der Waals surface area contributed by atoms with Crippen molar-refractivity contribution in [3.05, 3.63) is 29.3 Å². The van der Waals surface area contributed by atoms with Crippen LogP contribution in [0.3, 0.4) is 0 Å². The van der Waals surface area contributed by atoms with Crippen molar-refractivity contribution in [1.82, 2.24) is 5.32 Å². The maximum absolute atomic E-state index is 12.0. The normalized spacial score (nSPS) is 12.8. The number of amides is 1. The quantitative estimate of drug-likeness (QED) is 0.779. The number of carboxylic acid groups (broad SMARTS) is 1. The number of hydrogen-bond acceptors (Lipinski definition) is 3. The van der Waals surface area contributed by atoms with Gasteiger partial charge in [0.25, 0.3) is 5.91 Å². The average molecular weight is 265 g/mol. The zero-order valence-corrected chi connectivity index (χ0v) is 11.5. The van der Waals surface area contributed by atoms with Crippen LogP contribution in [0.2, 0.25) is 0 Å². The second-order valence-corrected chi connectivity index (χ2v) is 5.61.